The molecule has 0 bridgehead atoms. The van der Waals surface area contributed by atoms with Crippen molar-refractivity contribution < 1.29 is 24.8 Å². The number of non-ortho nitro benzene ring substituents is 1. The number of nitrogens with zero attached hydrogens (tertiary/aromatic N) is 5. The van der Waals surface area contributed by atoms with Crippen LogP contribution >= 0.6 is 0 Å². The number of aromatic hydroxyl groups is 2. The normalized spacial score (nSPS) is 11.2. The molecule has 0 fully saturated rings. The fraction of sp³-hybridized carbons (Fsp3) is 0.0476. The van der Waals surface area contributed by atoms with Crippen molar-refractivity contribution in [2.24, 2.45) is 4.99 Å². The van der Waals surface area contributed by atoms with E-state index in [0.717, 1.165) is 12.3 Å². The first-order valence-electron chi connectivity index (χ1n) is 9.34. The Morgan fingerprint density at radius 2 is 1.88 bits per heavy atom. The summed E-state index contributed by atoms with van der Waals surface area (Å²) in [5, 5.41) is 42.6. The molecule has 4 rings (SSSR count). The first-order valence-corrected chi connectivity index (χ1v) is 9.34. The SMILES string of the molecule is COc1cc(-c2nc3ccccn3c2N=Cc2cc([N+](=O)[O-])cc([N+](=O)[O-])c2O)ccc1O. The Morgan fingerprint density at radius 1 is 1.09 bits per heavy atom. The summed E-state index contributed by atoms with van der Waals surface area (Å²) in [4.78, 5) is 29.6. The van der Waals surface area contributed by atoms with Crippen LogP contribution in [-0.4, -0.2) is 42.8 Å². The van der Waals surface area contributed by atoms with E-state index in [0.29, 0.717) is 23.0 Å². The highest BCUT2D eigenvalue weighted by atomic mass is 16.6. The first kappa shape index (κ1) is 21.2. The monoisotopic (exact) mass is 449 g/mol. The number of phenolic OH excluding ortho intramolecular Hbond substituents is 2. The molecule has 2 aromatic heterocycles. The van der Waals surface area contributed by atoms with Gasteiger partial charge in [-0.2, -0.15) is 0 Å². The summed E-state index contributed by atoms with van der Waals surface area (Å²) >= 11 is 0. The molecule has 4 aromatic rings. The first-order chi connectivity index (χ1) is 15.8. The van der Waals surface area contributed by atoms with Crippen LogP contribution in [0.5, 0.6) is 17.2 Å². The largest absolute Gasteiger partial charge is 0.504 e. The van der Waals surface area contributed by atoms with Crippen LogP contribution in [0, 0.1) is 20.2 Å². The molecule has 2 aromatic carbocycles. The van der Waals surface area contributed by atoms with Crippen molar-refractivity contribution in [1.82, 2.24) is 9.38 Å². The maximum absolute atomic E-state index is 11.2. The summed E-state index contributed by atoms with van der Waals surface area (Å²) < 4.78 is 6.79. The van der Waals surface area contributed by atoms with Crippen LogP contribution in [0.4, 0.5) is 17.2 Å². The minimum atomic E-state index is -0.915. The van der Waals surface area contributed by atoms with Crippen LogP contribution in [0.3, 0.4) is 0 Å². The number of pyridine rings is 1. The number of methoxy groups -OCH3 is 1. The van der Waals surface area contributed by atoms with Crippen LogP contribution in [0.25, 0.3) is 16.9 Å². The van der Waals surface area contributed by atoms with E-state index in [2.05, 4.69) is 9.98 Å². The summed E-state index contributed by atoms with van der Waals surface area (Å²) in [6.07, 6.45) is 2.78. The number of ether oxygens (including phenoxy) is 1. The Labute approximate surface area is 185 Å². The van der Waals surface area contributed by atoms with Crippen LogP contribution in [0.1, 0.15) is 5.56 Å². The molecule has 2 heterocycles. The van der Waals surface area contributed by atoms with E-state index in [9.17, 15) is 30.4 Å². The Bertz CT molecular complexity index is 1440. The summed E-state index contributed by atoms with van der Waals surface area (Å²) in [6.45, 7) is 0. The lowest BCUT2D eigenvalue weighted by Crippen LogP contribution is -1.96. The van der Waals surface area contributed by atoms with Crippen molar-refractivity contribution in [2.75, 3.05) is 7.11 Å². The number of nitro groups is 2. The number of nitro benzene ring substituents is 2. The topological polar surface area (TPSA) is 166 Å². The number of imidazole rings is 1. The molecular weight excluding hydrogens is 434 g/mol. The highest BCUT2D eigenvalue weighted by Crippen LogP contribution is 2.37. The van der Waals surface area contributed by atoms with Gasteiger partial charge in [-0.3, -0.25) is 24.6 Å². The van der Waals surface area contributed by atoms with Crippen LogP contribution in [0.2, 0.25) is 0 Å². The number of hydrogen-bond donors (Lipinski definition) is 2. The number of aliphatic imine (C=N–C) groups is 1. The van der Waals surface area contributed by atoms with E-state index in [1.165, 1.54) is 13.2 Å². The minimum Gasteiger partial charge on any atom is -0.504 e. The van der Waals surface area contributed by atoms with Gasteiger partial charge in [-0.1, -0.05) is 6.07 Å². The van der Waals surface area contributed by atoms with Gasteiger partial charge in [-0.05, 0) is 30.3 Å². The van der Waals surface area contributed by atoms with Gasteiger partial charge in [0.15, 0.2) is 17.3 Å². The second-order valence-electron chi connectivity index (χ2n) is 6.77. The van der Waals surface area contributed by atoms with Gasteiger partial charge in [-0.15, -0.1) is 0 Å². The van der Waals surface area contributed by atoms with Crippen molar-refractivity contribution in [3.63, 3.8) is 0 Å². The van der Waals surface area contributed by atoms with Crippen molar-refractivity contribution in [3.8, 4) is 28.5 Å². The third-order valence-corrected chi connectivity index (χ3v) is 4.80. The Morgan fingerprint density at radius 3 is 2.58 bits per heavy atom. The molecule has 12 nitrogen and oxygen atoms in total. The van der Waals surface area contributed by atoms with E-state index in [4.69, 9.17) is 4.74 Å². The average Bonchev–Trinajstić information content (AvgIpc) is 3.17. The third-order valence-electron chi connectivity index (χ3n) is 4.80. The van der Waals surface area contributed by atoms with Gasteiger partial charge < -0.3 is 14.9 Å². The Hall–Kier alpha value is -5.00. The van der Waals surface area contributed by atoms with E-state index >= 15 is 0 Å². The van der Waals surface area contributed by atoms with Crippen molar-refractivity contribution >= 4 is 29.1 Å². The van der Waals surface area contributed by atoms with Crippen LogP contribution in [-0.2, 0) is 0 Å². The molecule has 0 aliphatic heterocycles. The lowest BCUT2D eigenvalue weighted by atomic mass is 10.1. The Kier molecular flexibility index (Phi) is 5.32. The lowest BCUT2D eigenvalue weighted by molar-refractivity contribution is -0.394. The fourth-order valence-corrected chi connectivity index (χ4v) is 3.22. The van der Waals surface area contributed by atoms with Crippen molar-refractivity contribution in [2.45, 2.75) is 0 Å². The summed E-state index contributed by atoms with van der Waals surface area (Å²) in [6, 6.07) is 11.5. The number of benzene rings is 2. The Balaban J connectivity index is 1.91. The highest BCUT2D eigenvalue weighted by molar-refractivity contribution is 5.90. The molecule has 12 heteroatoms. The van der Waals surface area contributed by atoms with Gasteiger partial charge in [0.2, 0.25) is 5.75 Å². The number of rotatable bonds is 6. The summed E-state index contributed by atoms with van der Waals surface area (Å²) in [5.74, 6) is -0.321. The molecule has 0 atom stereocenters. The molecule has 0 saturated carbocycles. The quantitative estimate of drug-likeness (QED) is 0.253. The number of hydrogen-bond acceptors (Lipinski definition) is 9. The molecule has 0 spiro atoms. The zero-order chi connectivity index (χ0) is 23.7. The van der Waals surface area contributed by atoms with Crippen molar-refractivity contribution in [1.29, 1.82) is 0 Å². The van der Waals surface area contributed by atoms with Crippen LogP contribution in [0.15, 0.2) is 59.7 Å². The molecule has 33 heavy (non-hydrogen) atoms. The minimum absolute atomic E-state index is 0.0658. The second-order valence-corrected chi connectivity index (χ2v) is 6.77. The predicted molar refractivity (Wildman–Crippen MR) is 118 cm³/mol. The molecule has 0 aliphatic rings. The van der Waals surface area contributed by atoms with E-state index in [1.807, 2.05) is 0 Å². The van der Waals surface area contributed by atoms with E-state index in [-0.39, 0.29) is 22.9 Å². The predicted octanol–water partition coefficient (Wildman–Crippen LogP) is 3.99. The number of fused-ring (bicyclic) bond motifs is 1. The van der Waals surface area contributed by atoms with Gasteiger partial charge in [0.1, 0.15) is 11.3 Å². The molecule has 0 radical (unpaired) electrons. The molecule has 0 aliphatic carbocycles. The lowest BCUT2D eigenvalue weighted by Gasteiger charge is -2.06. The zero-order valence-electron chi connectivity index (χ0n) is 16.9. The maximum atomic E-state index is 11.2. The van der Waals surface area contributed by atoms with E-state index < -0.39 is 27.0 Å². The molecule has 0 unspecified atom stereocenters. The molecule has 166 valence electrons. The molecule has 0 saturated heterocycles. The number of phenols is 2. The third kappa shape index (κ3) is 3.87. The van der Waals surface area contributed by atoms with Gasteiger partial charge >= 0.3 is 5.69 Å². The standard InChI is InChI=1S/C21H15N5O7/c1-33-17-9-12(5-6-16(17)27)19-21(24-7-3-2-4-18(24)23-19)22-11-13-8-14(25(29)30)10-15(20(13)28)26(31)32/h2-11,27-28H,1H3. The molecule has 0 amide bonds. The fourth-order valence-electron chi connectivity index (χ4n) is 3.22. The van der Waals surface area contributed by atoms with Gasteiger partial charge in [0.25, 0.3) is 5.69 Å². The van der Waals surface area contributed by atoms with Gasteiger partial charge in [0, 0.05) is 29.6 Å². The summed E-state index contributed by atoms with van der Waals surface area (Å²) in [5.41, 5.74) is -0.128. The van der Waals surface area contributed by atoms with Crippen molar-refractivity contribution in [3.05, 3.63) is 80.5 Å². The van der Waals surface area contributed by atoms with Gasteiger partial charge in [-0.25, -0.2) is 9.98 Å². The number of aromatic nitrogens is 2. The summed E-state index contributed by atoms with van der Waals surface area (Å²) in [7, 11) is 1.40. The highest BCUT2D eigenvalue weighted by Gasteiger charge is 2.23. The molecular formula is C21H15N5O7. The average molecular weight is 449 g/mol. The van der Waals surface area contributed by atoms with Gasteiger partial charge in [0.05, 0.1) is 23.0 Å². The maximum Gasteiger partial charge on any atom is 0.318 e. The second kappa shape index (κ2) is 8.26. The smallest absolute Gasteiger partial charge is 0.318 e. The molecule has 2 N–H and O–H groups in total. The van der Waals surface area contributed by atoms with Crippen LogP contribution < -0.4 is 4.74 Å². The zero-order valence-corrected chi connectivity index (χ0v) is 16.9. The van der Waals surface area contributed by atoms with E-state index in [1.54, 1.807) is 40.9 Å².